The van der Waals surface area contributed by atoms with Gasteiger partial charge in [0.05, 0.1) is 0 Å². The molecule has 0 saturated heterocycles. The molecule has 92 valence electrons. The highest BCUT2D eigenvalue weighted by Gasteiger charge is 2.40. The SMILES string of the molecule is CC(C)NC(=O)NC1CC2CC(N)CC2C1. The Labute approximate surface area is 97.3 Å². The van der Waals surface area contributed by atoms with Gasteiger partial charge in [0, 0.05) is 18.1 Å². The van der Waals surface area contributed by atoms with E-state index in [0.717, 1.165) is 37.5 Å². The number of nitrogens with one attached hydrogen (secondary N) is 2. The Kier molecular flexibility index (Phi) is 3.38. The Morgan fingerprint density at radius 3 is 2.25 bits per heavy atom. The largest absolute Gasteiger partial charge is 0.336 e. The molecule has 0 aromatic rings. The second kappa shape index (κ2) is 4.62. The lowest BCUT2D eigenvalue weighted by atomic mass is 10.0. The normalized spacial score (nSPS) is 37.5. The molecule has 0 radical (unpaired) electrons. The minimum atomic E-state index is -0.0238. The summed E-state index contributed by atoms with van der Waals surface area (Å²) in [5, 5.41) is 5.93. The van der Waals surface area contributed by atoms with E-state index in [1.165, 1.54) is 0 Å². The van der Waals surface area contributed by atoms with Crippen LogP contribution in [-0.4, -0.2) is 24.2 Å². The number of rotatable bonds is 2. The molecule has 0 bridgehead atoms. The predicted molar refractivity (Wildman–Crippen MR) is 64.0 cm³/mol. The topological polar surface area (TPSA) is 67.2 Å². The Bertz CT molecular complexity index is 253. The van der Waals surface area contributed by atoms with Crippen LogP contribution >= 0.6 is 0 Å². The van der Waals surface area contributed by atoms with Gasteiger partial charge >= 0.3 is 6.03 Å². The number of nitrogens with two attached hydrogens (primary N) is 1. The van der Waals surface area contributed by atoms with Crippen molar-refractivity contribution < 1.29 is 4.79 Å². The molecule has 0 aromatic heterocycles. The highest BCUT2D eigenvalue weighted by atomic mass is 16.2. The van der Waals surface area contributed by atoms with Crippen LogP contribution in [0.5, 0.6) is 0 Å². The van der Waals surface area contributed by atoms with Crippen molar-refractivity contribution in [3.05, 3.63) is 0 Å². The van der Waals surface area contributed by atoms with Crippen LogP contribution in [0, 0.1) is 11.8 Å². The number of hydrogen-bond donors (Lipinski definition) is 3. The van der Waals surface area contributed by atoms with E-state index in [1.807, 2.05) is 13.8 Å². The maximum absolute atomic E-state index is 11.5. The summed E-state index contributed by atoms with van der Waals surface area (Å²) in [7, 11) is 0. The molecule has 2 aliphatic carbocycles. The van der Waals surface area contributed by atoms with Crippen LogP contribution in [0.15, 0.2) is 0 Å². The van der Waals surface area contributed by atoms with E-state index in [1.54, 1.807) is 0 Å². The van der Waals surface area contributed by atoms with E-state index >= 15 is 0 Å². The molecule has 16 heavy (non-hydrogen) atoms. The maximum atomic E-state index is 11.5. The Hall–Kier alpha value is -0.770. The number of carbonyl (C=O) groups is 1. The summed E-state index contributed by atoms with van der Waals surface area (Å²) in [4.78, 5) is 11.5. The van der Waals surface area contributed by atoms with Crippen LogP contribution in [0.3, 0.4) is 0 Å². The third-order valence-electron chi connectivity index (χ3n) is 3.81. The van der Waals surface area contributed by atoms with Gasteiger partial charge in [0.2, 0.25) is 0 Å². The number of amides is 2. The van der Waals surface area contributed by atoms with Gasteiger partial charge in [0.25, 0.3) is 0 Å². The summed E-state index contributed by atoms with van der Waals surface area (Å²) in [6.07, 6.45) is 4.52. The van der Waals surface area contributed by atoms with Crippen molar-refractivity contribution >= 4 is 6.03 Å². The van der Waals surface area contributed by atoms with Gasteiger partial charge in [-0.15, -0.1) is 0 Å². The van der Waals surface area contributed by atoms with Crippen molar-refractivity contribution in [1.82, 2.24) is 10.6 Å². The highest BCUT2D eigenvalue weighted by Crippen LogP contribution is 2.43. The average Bonchev–Trinajstić information content (AvgIpc) is 2.58. The van der Waals surface area contributed by atoms with E-state index in [9.17, 15) is 4.79 Å². The second-order valence-corrected chi connectivity index (χ2v) is 5.69. The van der Waals surface area contributed by atoms with Crippen molar-refractivity contribution in [3.63, 3.8) is 0 Å². The first-order chi connectivity index (χ1) is 7.54. The van der Waals surface area contributed by atoms with Crippen LogP contribution in [0.2, 0.25) is 0 Å². The summed E-state index contributed by atoms with van der Waals surface area (Å²) in [6, 6.07) is 0.945. The number of carbonyl (C=O) groups excluding carboxylic acids is 1. The van der Waals surface area contributed by atoms with Crippen LogP contribution in [0.1, 0.15) is 39.5 Å². The van der Waals surface area contributed by atoms with E-state index < -0.39 is 0 Å². The predicted octanol–water partition coefficient (Wildman–Crippen LogP) is 1.21. The van der Waals surface area contributed by atoms with Crippen LogP contribution < -0.4 is 16.4 Å². The molecule has 0 aliphatic heterocycles. The standard InChI is InChI=1S/C12H23N3O/c1-7(2)14-12(16)15-11-5-8-3-10(13)4-9(8)6-11/h7-11H,3-6,13H2,1-2H3,(H2,14,15,16). The molecule has 4 N–H and O–H groups in total. The summed E-state index contributed by atoms with van der Waals surface area (Å²) in [5.74, 6) is 1.50. The van der Waals surface area contributed by atoms with Crippen molar-refractivity contribution in [2.24, 2.45) is 17.6 Å². The van der Waals surface area contributed by atoms with Gasteiger partial charge in [-0.2, -0.15) is 0 Å². The lowest BCUT2D eigenvalue weighted by Gasteiger charge is -2.16. The zero-order chi connectivity index (χ0) is 11.7. The van der Waals surface area contributed by atoms with Gasteiger partial charge in [-0.25, -0.2) is 4.79 Å². The minimum Gasteiger partial charge on any atom is -0.336 e. The second-order valence-electron chi connectivity index (χ2n) is 5.69. The van der Waals surface area contributed by atoms with E-state index in [-0.39, 0.29) is 12.1 Å². The quantitative estimate of drug-likeness (QED) is 0.661. The molecule has 4 heteroatoms. The zero-order valence-corrected chi connectivity index (χ0v) is 10.2. The van der Waals surface area contributed by atoms with Crippen molar-refractivity contribution in [3.8, 4) is 0 Å². The van der Waals surface area contributed by atoms with E-state index in [0.29, 0.717) is 12.1 Å². The fourth-order valence-electron chi connectivity index (χ4n) is 3.27. The van der Waals surface area contributed by atoms with E-state index in [2.05, 4.69) is 10.6 Å². The first-order valence-corrected chi connectivity index (χ1v) is 6.37. The van der Waals surface area contributed by atoms with Gasteiger partial charge in [-0.1, -0.05) is 0 Å². The highest BCUT2D eigenvalue weighted by molar-refractivity contribution is 5.74. The van der Waals surface area contributed by atoms with Gasteiger partial charge in [0.1, 0.15) is 0 Å². The lowest BCUT2D eigenvalue weighted by Crippen LogP contribution is -2.44. The Balaban J connectivity index is 1.76. The van der Waals surface area contributed by atoms with Gasteiger partial charge in [0.15, 0.2) is 0 Å². The fourth-order valence-corrected chi connectivity index (χ4v) is 3.27. The smallest absolute Gasteiger partial charge is 0.315 e. The zero-order valence-electron chi connectivity index (χ0n) is 10.2. The molecule has 2 aliphatic rings. The number of urea groups is 1. The first-order valence-electron chi connectivity index (χ1n) is 6.37. The summed E-state index contributed by atoms with van der Waals surface area (Å²) >= 11 is 0. The van der Waals surface area contributed by atoms with Crippen molar-refractivity contribution in [1.29, 1.82) is 0 Å². The van der Waals surface area contributed by atoms with Crippen LogP contribution in [0.4, 0.5) is 4.79 Å². The van der Waals surface area contributed by atoms with Crippen LogP contribution in [-0.2, 0) is 0 Å². The van der Waals surface area contributed by atoms with Crippen LogP contribution in [0.25, 0.3) is 0 Å². The molecule has 2 unspecified atom stereocenters. The molecule has 2 atom stereocenters. The van der Waals surface area contributed by atoms with E-state index in [4.69, 9.17) is 5.73 Å². The molecule has 2 saturated carbocycles. The average molecular weight is 225 g/mol. The molecular weight excluding hydrogens is 202 g/mol. The molecule has 0 heterocycles. The number of hydrogen-bond acceptors (Lipinski definition) is 2. The summed E-state index contributed by atoms with van der Waals surface area (Å²) < 4.78 is 0. The van der Waals surface area contributed by atoms with Gasteiger partial charge in [-0.05, 0) is 51.4 Å². The first kappa shape index (κ1) is 11.7. The molecule has 0 spiro atoms. The third-order valence-corrected chi connectivity index (χ3v) is 3.81. The molecule has 2 rings (SSSR count). The fraction of sp³-hybridized carbons (Fsp3) is 0.917. The Morgan fingerprint density at radius 1 is 1.19 bits per heavy atom. The lowest BCUT2D eigenvalue weighted by molar-refractivity contribution is 0.234. The molecule has 4 nitrogen and oxygen atoms in total. The van der Waals surface area contributed by atoms with Gasteiger partial charge in [-0.3, -0.25) is 0 Å². The minimum absolute atomic E-state index is 0.0238. The maximum Gasteiger partial charge on any atom is 0.315 e. The third kappa shape index (κ3) is 2.67. The van der Waals surface area contributed by atoms with Crippen molar-refractivity contribution in [2.75, 3.05) is 0 Å². The molecular formula is C12H23N3O. The molecule has 2 amide bonds. The van der Waals surface area contributed by atoms with Crippen molar-refractivity contribution in [2.45, 2.75) is 57.7 Å². The Morgan fingerprint density at radius 2 is 1.75 bits per heavy atom. The monoisotopic (exact) mass is 225 g/mol. The van der Waals surface area contributed by atoms with Gasteiger partial charge < -0.3 is 16.4 Å². The summed E-state index contributed by atoms with van der Waals surface area (Å²) in [5.41, 5.74) is 5.94. The summed E-state index contributed by atoms with van der Waals surface area (Å²) in [6.45, 7) is 3.95. The number of fused-ring (bicyclic) bond motifs is 1. The molecule has 0 aromatic carbocycles. The molecule has 2 fully saturated rings.